The van der Waals surface area contributed by atoms with Crippen molar-refractivity contribution in [2.75, 3.05) is 25.0 Å². The highest BCUT2D eigenvalue weighted by Crippen LogP contribution is 2.30. The second kappa shape index (κ2) is 5.37. The van der Waals surface area contributed by atoms with E-state index in [1.165, 1.54) is 50.9 Å². The summed E-state index contributed by atoms with van der Waals surface area (Å²) in [5.41, 5.74) is 1.17. The minimum atomic E-state index is 0.361. The van der Waals surface area contributed by atoms with Crippen molar-refractivity contribution in [2.24, 2.45) is 0 Å². The Kier molecular flexibility index (Phi) is 3.40. The summed E-state index contributed by atoms with van der Waals surface area (Å²) in [4.78, 5) is 2.63. The first-order valence-corrected chi connectivity index (χ1v) is 8.03. The van der Waals surface area contributed by atoms with Gasteiger partial charge in [-0.15, -0.1) is 0 Å². The molecule has 0 radical (unpaired) electrons. The molecule has 0 aliphatic carbocycles. The van der Waals surface area contributed by atoms with Crippen molar-refractivity contribution in [1.82, 2.24) is 14.7 Å². The van der Waals surface area contributed by atoms with E-state index >= 15 is 0 Å². The summed E-state index contributed by atoms with van der Waals surface area (Å²) in [6, 6.07) is 1.36. The van der Waals surface area contributed by atoms with Crippen LogP contribution >= 0.6 is 0 Å². The molecule has 3 unspecified atom stereocenters. The topological polar surface area (TPSA) is 42.3 Å². The monoisotopic (exact) mass is 276 g/mol. The van der Waals surface area contributed by atoms with E-state index in [1.807, 2.05) is 10.9 Å². The average molecular weight is 276 g/mol. The first-order valence-electron chi connectivity index (χ1n) is 8.03. The maximum Gasteiger partial charge on any atom is 0.0771 e. The predicted molar refractivity (Wildman–Crippen MR) is 77.8 cm³/mol. The molecule has 1 N–H and O–H groups in total. The molecule has 1 aromatic rings. The number of nitrogens with zero attached hydrogens (tertiary/aromatic N) is 3. The molecule has 3 aliphatic rings. The molecule has 3 saturated heterocycles. The Morgan fingerprint density at radius 1 is 1.25 bits per heavy atom. The van der Waals surface area contributed by atoms with Crippen molar-refractivity contribution in [3.05, 3.63) is 12.4 Å². The van der Waals surface area contributed by atoms with Gasteiger partial charge in [-0.1, -0.05) is 0 Å². The van der Waals surface area contributed by atoms with Gasteiger partial charge in [0.25, 0.3) is 0 Å². The Bertz CT molecular complexity index is 454. The van der Waals surface area contributed by atoms with Gasteiger partial charge in [0.1, 0.15) is 0 Å². The summed E-state index contributed by atoms with van der Waals surface area (Å²) in [6.07, 6.45) is 10.8. The quantitative estimate of drug-likeness (QED) is 0.909. The van der Waals surface area contributed by atoms with Crippen LogP contribution in [0.15, 0.2) is 12.4 Å². The third-order valence-corrected chi connectivity index (χ3v) is 5.01. The SMILES string of the molecule is c1nn(CC2CCCO2)cc1NC1CCN2CCCC12. The molecule has 0 bridgehead atoms. The number of nitrogens with one attached hydrogen (secondary N) is 1. The van der Waals surface area contributed by atoms with E-state index in [1.54, 1.807) is 0 Å². The Balaban J connectivity index is 1.36. The molecule has 0 spiro atoms. The summed E-state index contributed by atoms with van der Waals surface area (Å²) in [5.74, 6) is 0. The summed E-state index contributed by atoms with van der Waals surface area (Å²) >= 11 is 0. The molecule has 20 heavy (non-hydrogen) atoms. The van der Waals surface area contributed by atoms with E-state index in [-0.39, 0.29) is 0 Å². The van der Waals surface area contributed by atoms with Crippen LogP contribution in [0.3, 0.4) is 0 Å². The van der Waals surface area contributed by atoms with E-state index < -0.39 is 0 Å². The number of fused-ring (bicyclic) bond motifs is 1. The molecule has 5 heteroatoms. The van der Waals surface area contributed by atoms with Gasteiger partial charge < -0.3 is 10.1 Å². The van der Waals surface area contributed by atoms with Crippen LogP contribution < -0.4 is 5.32 Å². The molecule has 3 atom stereocenters. The maximum atomic E-state index is 5.67. The van der Waals surface area contributed by atoms with Crippen LogP contribution in [-0.4, -0.2) is 52.6 Å². The summed E-state index contributed by atoms with van der Waals surface area (Å²) < 4.78 is 7.70. The number of aromatic nitrogens is 2. The highest BCUT2D eigenvalue weighted by molar-refractivity contribution is 5.40. The largest absolute Gasteiger partial charge is 0.378 e. The van der Waals surface area contributed by atoms with Gasteiger partial charge in [-0.2, -0.15) is 5.10 Å². The number of hydrogen-bond acceptors (Lipinski definition) is 4. The van der Waals surface area contributed by atoms with Gasteiger partial charge in [0.15, 0.2) is 0 Å². The lowest BCUT2D eigenvalue weighted by Crippen LogP contribution is -2.33. The van der Waals surface area contributed by atoms with Gasteiger partial charge in [-0.05, 0) is 38.6 Å². The summed E-state index contributed by atoms with van der Waals surface area (Å²) in [5, 5.41) is 8.16. The number of hydrogen-bond donors (Lipinski definition) is 1. The molecule has 3 fully saturated rings. The summed E-state index contributed by atoms with van der Waals surface area (Å²) in [7, 11) is 0. The van der Waals surface area contributed by atoms with E-state index in [0.29, 0.717) is 12.1 Å². The van der Waals surface area contributed by atoms with Crippen LogP contribution in [-0.2, 0) is 11.3 Å². The first-order chi connectivity index (χ1) is 9.88. The predicted octanol–water partition coefficient (Wildman–Crippen LogP) is 1.71. The zero-order valence-electron chi connectivity index (χ0n) is 12.0. The van der Waals surface area contributed by atoms with Gasteiger partial charge in [-0.25, -0.2) is 0 Å². The third-order valence-electron chi connectivity index (χ3n) is 5.01. The third kappa shape index (κ3) is 2.44. The molecule has 0 amide bonds. The molecule has 0 aromatic carbocycles. The minimum absolute atomic E-state index is 0.361. The van der Waals surface area contributed by atoms with Gasteiger partial charge in [0.2, 0.25) is 0 Å². The number of anilines is 1. The fourth-order valence-corrected chi connectivity index (χ4v) is 4.00. The van der Waals surface area contributed by atoms with Crippen LogP contribution in [0, 0.1) is 0 Å². The smallest absolute Gasteiger partial charge is 0.0771 e. The molecular weight excluding hydrogens is 252 g/mol. The highest BCUT2D eigenvalue weighted by Gasteiger charge is 2.37. The van der Waals surface area contributed by atoms with Crippen LogP contribution in [0.4, 0.5) is 5.69 Å². The van der Waals surface area contributed by atoms with Crippen molar-refractivity contribution < 1.29 is 4.74 Å². The van der Waals surface area contributed by atoms with Crippen LogP contribution in [0.2, 0.25) is 0 Å². The standard InChI is InChI=1S/C15H24N4O/c1-4-15-14(5-7-18(15)6-1)17-12-9-16-19(10-12)11-13-3-2-8-20-13/h9-10,13-15,17H,1-8,11H2. The molecule has 4 heterocycles. The van der Waals surface area contributed by atoms with Gasteiger partial charge in [-0.3, -0.25) is 9.58 Å². The Hall–Kier alpha value is -1.07. The second-order valence-corrected chi connectivity index (χ2v) is 6.37. The molecular formula is C15H24N4O. The van der Waals surface area contributed by atoms with Crippen molar-refractivity contribution in [3.8, 4) is 0 Å². The molecule has 3 aliphatic heterocycles. The van der Waals surface area contributed by atoms with Gasteiger partial charge in [0.05, 0.1) is 24.5 Å². The maximum absolute atomic E-state index is 5.67. The van der Waals surface area contributed by atoms with Crippen molar-refractivity contribution in [2.45, 2.75) is 56.8 Å². The van der Waals surface area contributed by atoms with E-state index in [9.17, 15) is 0 Å². The van der Waals surface area contributed by atoms with Crippen molar-refractivity contribution >= 4 is 5.69 Å². The Labute approximate surface area is 120 Å². The highest BCUT2D eigenvalue weighted by atomic mass is 16.5. The number of ether oxygens (including phenoxy) is 1. The Morgan fingerprint density at radius 3 is 3.15 bits per heavy atom. The van der Waals surface area contributed by atoms with Gasteiger partial charge in [0, 0.05) is 31.4 Å². The molecule has 4 rings (SSSR count). The lowest BCUT2D eigenvalue weighted by Gasteiger charge is -2.21. The lowest BCUT2D eigenvalue weighted by atomic mass is 10.1. The van der Waals surface area contributed by atoms with Crippen molar-refractivity contribution in [3.63, 3.8) is 0 Å². The minimum Gasteiger partial charge on any atom is -0.378 e. The average Bonchev–Trinajstić information content (AvgIpc) is 3.18. The van der Waals surface area contributed by atoms with Crippen LogP contribution in [0.5, 0.6) is 0 Å². The van der Waals surface area contributed by atoms with Crippen LogP contribution in [0.25, 0.3) is 0 Å². The molecule has 5 nitrogen and oxygen atoms in total. The van der Waals surface area contributed by atoms with E-state index in [0.717, 1.165) is 19.2 Å². The number of rotatable bonds is 4. The Morgan fingerprint density at radius 2 is 2.25 bits per heavy atom. The first kappa shape index (κ1) is 12.7. The van der Waals surface area contributed by atoms with E-state index in [4.69, 9.17) is 4.74 Å². The normalized spacial score (nSPS) is 33.7. The van der Waals surface area contributed by atoms with Crippen LogP contribution in [0.1, 0.15) is 32.1 Å². The molecule has 0 saturated carbocycles. The van der Waals surface area contributed by atoms with Gasteiger partial charge >= 0.3 is 0 Å². The fourth-order valence-electron chi connectivity index (χ4n) is 4.00. The fraction of sp³-hybridized carbons (Fsp3) is 0.800. The lowest BCUT2D eigenvalue weighted by molar-refractivity contribution is 0.0940. The van der Waals surface area contributed by atoms with E-state index in [2.05, 4.69) is 21.5 Å². The molecule has 1 aromatic heterocycles. The zero-order valence-corrected chi connectivity index (χ0v) is 12.0. The second-order valence-electron chi connectivity index (χ2n) is 6.37. The van der Waals surface area contributed by atoms with Crippen molar-refractivity contribution in [1.29, 1.82) is 0 Å². The summed E-state index contributed by atoms with van der Waals surface area (Å²) in [6.45, 7) is 4.35. The zero-order chi connectivity index (χ0) is 13.4. The molecule has 110 valence electrons.